The molecule has 0 aliphatic carbocycles. The molecule has 4 rings (SSSR count). The zero-order valence-corrected chi connectivity index (χ0v) is 20.2. The summed E-state index contributed by atoms with van der Waals surface area (Å²) in [4.78, 5) is 13.8. The Balaban J connectivity index is 1.36. The van der Waals surface area contributed by atoms with Crippen LogP contribution in [0, 0.1) is 12.8 Å². The van der Waals surface area contributed by atoms with Crippen LogP contribution in [0.4, 0.5) is 17.1 Å². The molecule has 174 valence electrons. The standard InChI is InChI=1S/C24H27N3O4S2/c1-17-5-14-23(32-17)33(29,30)27-15-3-4-18(16-27)24(28)26-21-8-6-19(7-9-21)25-20-10-12-22(31-2)13-11-20/h5-14,18,25H,3-4,15-16H2,1-2H3,(H,26,28)/t18-/m1/s1. The van der Waals surface area contributed by atoms with Crippen molar-refractivity contribution in [3.63, 3.8) is 0 Å². The first kappa shape index (κ1) is 23.3. The number of methoxy groups -OCH3 is 1. The summed E-state index contributed by atoms with van der Waals surface area (Å²) in [6.45, 7) is 2.52. The van der Waals surface area contributed by atoms with Gasteiger partial charge in [-0.1, -0.05) is 0 Å². The molecule has 1 aliphatic rings. The summed E-state index contributed by atoms with van der Waals surface area (Å²) in [6, 6.07) is 18.5. The Morgan fingerprint density at radius 3 is 2.24 bits per heavy atom. The van der Waals surface area contributed by atoms with Crippen LogP contribution in [0.1, 0.15) is 17.7 Å². The maximum atomic E-state index is 12.9. The van der Waals surface area contributed by atoms with Gasteiger partial charge in [-0.15, -0.1) is 11.3 Å². The molecule has 1 fully saturated rings. The number of ether oxygens (including phenoxy) is 1. The van der Waals surface area contributed by atoms with Crippen molar-refractivity contribution in [2.45, 2.75) is 24.0 Å². The van der Waals surface area contributed by atoms with E-state index in [2.05, 4.69) is 10.6 Å². The number of thiophene rings is 1. The Morgan fingerprint density at radius 1 is 1.00 bits per heavy atom. The molecule has 9 heteroatoms. The van der Waals surface area contributed by atoms with Crippen molar-refractivity contribution in [1.82, 2.24) is 4.31 Å². The second kappa shape index (κ2) is 9.94. The van der Waals surface area contributed by atoms with Crippen molar-refractivity contribution < 1.29 is 17.9 Å². The van der Waals surface area contributed by atoms with Gasteiger partial charge in [0.15, 0.2) is 0 Å². The molecule has 0 spiro atoms. The van der Waals surface area contributed by atoms with Crippen LogP contribution in [0.25, 0.3) is 0 Å². The normalized spacial score (nSPS) is 16.8. The summed E-state index contributed by atoms with van der Waals surface area (Å²) in [6.07, 6.45) is 1.32. The van der Waals surface area contributed by atoms with E-state index in [1.54, 1.807) is 19.2 Å². The van der Waals surface area contributed by atoms with E-state index in [-0.39, 0.29) is 18.4 Å². The summed E-state index contributed by atoms with van der Waals surface area (Å²) < 4.78 is 32.8. The molecule has 0 unspecified atom stereocenters. The van der Waals surface area contributed by atoms with E-state index >= 15 is 0 Å². The summed E-state index contributed by atoms with van der Waals surface area (Å²) in [5, 5.41) is 6.23. The number of amides is 1. The van der Waals surface area contributed by atoms with Crippen LogP contribution in [0.2, 0.25) is 0 Å². The molecule has 7 nitrogen and oxygen atoms in total. The van der Waals surface area contributed by atoms with Gasteiger partial charge in [0.05, 0.1) is 13.0 Å². The van der Waals surface area contributed by atoms with E-state index in [9.17, 15) is 13.2 Å². The molecule has 0 saturated carbocycles. The summed E-state index contributed by atoms with van der Waals surface area (Å²) in [5.41, 5.74) is 2.49. The van der Waals surface area contributed by atoms with Gasteiger partial charge in [-0.3, -0.25) is 4.79 Å². The number of carbonyl (C=O) groups is 1. The minimum absolute atomic E-state index is 0.159. The monoisotopic (exact) mass is 485 g/mol. The number of rotatable bonds is 7. The van der Waals surface area contributed by atoms with Crippen molar-refractivity contribution in [3.8, 4) is 5.75 Å². The molecule has 1 atom stereocenters. The SMILES string of the molecule is COc1ccc(Nc2ccc(NC(=O)[C@@H]3CCCN(S(=O)(=O)c4ccc(C)s4)C3)cc2)cc1. The predicted octanol–water partition coefficient (Wildman–Crippen LogP) is 4.85. The lowest BCUT2D eigenvalue weighted by Gasteiger charge is -2.30. The highest BCUT2D eigenvalue weighted by atomic mass is 32.2. The maximum Gasteiger partial charge on any atom is 0.252 e. The smallest absolute Gasteiger partial charge is 0.252 e. The van der Waals surface area contributed by atoms with Gasteiger partial charge in [-0.2, -0.15) is 4.31 Å². The molecule has 1 saturated heterocycles. The average Bonchev–Trinajstić information content (AvgIpc) is 3.28. The number of sulfonamides is 1. The molecule has 0 radical (unpaired) electrons. The number of piperidine rings is 1. The second-order valence-electron chi connectivity index (χ2n) is 7.99. The van der Waals surface area contributed by atoms with Crippen LogP contribution in [-0.2, 0) is 14.8 Å². The Kier molecular flexibility index (Phi) is 7.02. The molecular formula is C24H27N3O4S2. The maximum absolute atomic E-state index is 12.9. The van der Waals surface area contributed by atoms with Crippen molar-refractivity contribution in [2.75, 3.05) is 30.8 Å². The van der Waals surface area contributed by atoms with Gasteiger partial charge in [0.25, 0.3) is 10.0 Å². The second-order valence-corrected chi connectivity index (χ2v) is 11.4. The first-order valence-corrected chi connectivity index (χ1v) is 13.0. The van der Waals surface area contributed by atoms with Crippen molar-refractivity contribution in [1.29, 1.82) is 0 Å². The Morgan fingerprint density at radius 2 is 1.64 bits per heavy atom. The number of carbonyl (C=O) groups excluding carboxylic acids is 1. The van der Waals surface area contributed by atoms with Crippen LogP contribution in [0.3, 0.4) is 0 Å². The first-order valence-electron chi connectivity index (χ1n) is 10.7. The van der Waals surface area contributed by atoms with E-state index < -0.39 is 10.0 Å². The Hall–Kier alpha value is -2.88. The molecule has 2 heterocycles. The lowest BCUT2D eigenvalue weighted by Crippen LogP contribution is -2.43. The largest absolute Gasteiger partial charge is 0.497 e. The highest BCUT2D eigenvalue weighted by Crippen LogP contribution is 2.29. The van der Waals surface area contributed by atoms with E-state index in [0.717, 1.165) is 22.0 Å². The predicted molar refractivity (Wildman–Crippen MR) is 132 cm³/mol. The third-order valence-electron chi connectivity index (χ3n) is 5.60. The molecule has 3 aromatic rings. The number of benzene rings is 2. The molecule has 0 bridgehead atoms. The van der Waals surface area contributed by atoms with Gasteiger partial charge in [0.1, 0.15) is 9.96 Å². The van der Waals surface area contributed by atoms with E-state index in [0.29, 0.717) is 29.3 Å². The zero-order chi connectivity index (χ0) is 23.4. The van der Waals surface area contributed by atoms with Gasteiger partial charge in [0, 0.05) is 35.0 Å². The summed E-state index contributed by atoms with van der Waals surface area (Å²) in [5.74, 6) is 0.248. The fourth-order valence-corrected chi connectivity index (χ4v) is 6.74. The van der Waals surface area contributed by atoms with Crippen LogP contribution < -0.4 is 15.4 Å². The molecule has 1 aromatic heterocycles. The molecule has 33 heavy (non-hydrogen) atoms. The quantitative estimate of drug-likeness (QED) is 0.500. The van der Waals surface area contributed by atoms with Crippen molar-refractivity contribution >= 4 is 44.3 Å². The molecule has 1 aliphatic heterocycles. The van der Waals surface area contributed by atoms with E-state index in [4.69, 9.17) is 4.74 Å². The summed E-state index contributed by atoms with van der Waals surface area (Å²) >= 11 is 1.26. The van der Waals surface area contributed by atoms with E-state index in [1.165, 1.54) is 15.6 Å². The van der Waals surface area contributed by atoms with Gasteiger partial charge in [0.2, 0.25) is 5.91 Å². The average molecular weight is 486 g/mol. The lowest BCUT2D eigenvalue weighted by atomic mass is 9.98. The van der Waals surface area contributed by atoms with Crippen LogP contribution in [-0.4, -0.2) is 38.8 Å². The minimum atomic E-state index is -3.56. The fourth-order valence-electron chi connectivity index (χ4n) is 3.77. The van der Waals surface area contributed by atoms with Crippen LogP contribution in [0.5, 0.6) is 5.75 Å². The zero-order valence-electron chi connectivity index (χ0n) is 18.6. The Bertz CT molecular complexity index is 1210. The summed E-state index contributed by atoms with van der Waals surface area (Å²) in [7, 11) is -1.94. The molecule has 2 N–H and O–H groups in total. The highest BCUT2D eigenvalue weighted by molar-refractivity contribution is 7.91. The van der Waals surface area contributed by atoms with Gasteiger partial charge >= 0.3 is 0 Å². The van der Waals surface area contributed by atoms with Crippen molar-refractivity contribution in [3.05, 3.63) is 65.5 Å². The third-order valence-corrected chi connectivity index (χ3v) is 8.93. The van der Waals surface area contributed by atoms with Crippen molar-refractivity contribution in [2.24, 2.45) is 5.92 Å². The minimum Gasteiger partial charge on any atom is -0.497 e. The van der Waals surface area contributed by atoms with E-state index in [1.807, 2.05) is 55.5 Å². The number of hydrogen-bond donors (Lipinski definition) is 2. The molecule has 2 aromatic carbocycles. The lowest BCUT2D eigenvalue weighted by molar-refractivity contribution is -0.120. The van der Waals surface area contributed by atoms with Crippen LogP contribution in [0.15, 0.2) is 64.9 Å². The topological polar surface area (TPSA) is 87.7 Å². The number of nitrogens with one attached hydrogen (secondary N) is 2. The van der Waals surface area contributed by atoms with Gasteiger partial charge < -0.3 is 15.4 Å². The first-order chi connectivity index (χ1) is 15.8. The number of aryl methyl sites for hydroxylation is 1. The number of hydrogen-bond acceptors (Lipinski definition) is 6. The molecular weight excluding hydrogens is 458 g/mol. The number of anilines is 3. The van der Waals surface area contributed by atoms with Gasteiger partial charge in [-0.05, 0) is 80.4 Å². The number of nitrogens with zero attached hydrogens (tertiary/aromatic N) is 1. The third kappa shape index (κ3) is 5.55. The fraction of sp³-hybridized carbons (Fsp3) is 0.292. The van der Waals surface area contributed by atoms with Gasteiger partial charge in [-0.25, -0.2) is 8.42 Å². The Labute approximate surface area is 198 Å². The van der Waals surface area contributed by atoms with Crippen LogP contribution >= 0.6 is 11.3 Å². The molecule has 1 amide bonds. The highest BCUT2D eigenvalue weighted by Gasteiger charge is 2.34.